The van der Waals surface area contributed by atoms with Gasteiger partial charge in [0.15, 0.2) is 6.10 Å². The number of fused-ring (bicyclic) bond motifs is 1. The van der Waals surface area contributed by atoms with Gasteiger partial charge in [-0.05, 0) is 23.8 Å². The zero-order valence-corrected chi connectivity index (χ0v) is 20.2. The molecule has 3 N–H and O–H groups in total. The second kappa shape index (κ2) is 11.2. The number of nitrogens with one attached hydrogen (secondary N) is 2. The Morgan fingerprint density at radius 1 is 1.09 bits per heavy atom. The number of carboxylic acid groups (broad SMARTS) is 1. The lowest BCUT2D eigenvalue weighted by Gasteiger charge is -2.32. The van der Waals surface area contributed by atoms with Crippen molar-refractivity contribution in [3.05, 3.63) is 42.1 Å². The van der Waals surface area contributed by atoms with Crippen molar-refractivity contribution in [2.24, 2.45) is 17.3 Å². The number of hydrogen-bond acceptors (Lipinski definition) is 5. The summed E-state index contributed by atoms with van der Waals surface area (Å²) in [6.45, 7) is 9.32. The van der Waals surface area contributed by atoms with Crippen molar-refractivity contribution in [1.29, 1.82) is 0 Å². The number of hydrogen-bond donors (Lipinski definition) is 3. The highest BCUT2D eigenvalue weighted by Gasteiger charge is 2.39. The van der Waals surface area contributed by atoms with Crippen LogP contribution in [-0.4, -0.2) is 47.1 Å². The number of likely N-dealkylation sites (N-methyl/N-ethyl adjacent to an activating group) is 1. The molecule has 0 saturated heterocycles. The van der Waals surface area contributed by atoms with Gasteiger partial charge in [-0.3, -0.25) is 14.6 Å². The molecule has 0 unspecified atom stereocenters. The molecule has 180 valence electrons. The number of carbonyl (C=O) groups is 3. The zero-order chi connectivity index (χ0) is 24.8. The molecular weight excluding hydrogens is 422 g/mol. The van der Waals surface area contributed by atoms with E-state index in [1.807, 2.05) is 65.0 Å². The Labute approximate surface area is 195 Å². The van der Waals surface area contributed by atoms with Crippen LogP contribution in [0, 0.1) is 17.3 Å². The molecule has 1 aromatic carbocycles. The quantitative estimate of drug-likeness (QED) is 0.505. The van der Waals surface area contributed by atoms with E-state index in [4.69, 9.17) is 4.74 Å². The molecule has 8 heteroatoms. The van der Waals surface area contributed by atoms with Crippen LogP contribution < -0.4 is 10.6 Å². The van der Waals surface area contributed by atoms with Crippen molar-refractivity contribution < 1.29 is 24.2 Å². The van der Waals surface area contributed by atoms with E-state index < -0.39 is 35.4 Å². The first-order valence-electron chi connectivity index (χ1n) is 11.1. The standard InChI is InChI=1S/C25H35N3O5/c1-15(2)13-18(22(29)28-21(23(30)26-6)25(3,4)5)20(24(31)32)33-14-17-10-7-9-16-11-8-12-27-19(16)17/h7-12,15,18,20-21H,13-14H2,1-6H3,(H,26,30)(H,28,29)(H,31,32)/t18-,20+,21-/m1/s1. The first kappa shape index (κ1) is 26.3. The van der Waals surface area contributed by atoms with Gasteiger partial charge in [0.2, 0.25) is 11.8 Å². The predicted octanol–water partition coefficient (Wildman–Crippen LogP) is 3.14. The van der Waals surface area contributed by atoms with Crippen LogP contribution in [0.4, 0.5) is 0 Å². The van der Waals surface area contributed by atoms with Gasteiger partial charge in [0.05, 0.1) is 18.0 Å². The second-order valence-electron chi connectivity index (χ2n) is 9.72. The van der Waals surface area contributed by atoms with E-state index >= 15 is 0 Å². The van der Waals surface area contributed by atoms with Crippen LogP contribution in [0.2, 0.25) is 0 Å². The number of carboxylic acids is 1. The Morgan fingerprint density at radius 2 is 1.76 bits per heavy atom. The number of aliphatic carboxylic acids is 1. The Balaban J connectivity index is 2.30. The van der Waals surface area contributed by atoms with Crippen molar-refractivity contribution in [3.63, 3.8) is 0 Å². The smallest absolute Gasteiger partial charge is 0.333 e. The predicted molar refractivity (Wildman–Crippen MR) is 126 cm³/mol. The molecule has 1 heterocycles. The average Bonchev–Trinajstić information content (AvgIpc) is 2.74. The highest BCUT2D eigenvalue weighted by molar-refractivity contribution is 5.91. The van der Waals surface area contributed by atoms with Crippen molar-refractivity contribution >= 4 is 28.7 Å². The molecular formula is C25H35N3O5. The largest absolute Gasteiger partial charge is 0.479 e. The summed E-state index contributed by atoms with van der Waals surface area (Å²) >= 11 is 0. The van der Waals surface area contributed by atoms with Crippen LogP contribution >= 0.6 is 0 Å². The fraction of sp³-hybridized carbons (Fsp3) is 0.520. The molecule has 33 heavy (non-hydrogen) atoms. The molecule has 8 nitrogen and oxygen atoms in total. The van der Waals surface area contributed by atoms with Gasteiger partial charge in [-0.15, -0.1) is 0 Å². The molecule has 0 spiro atoms. The molecule has 2 aromatic rings. The van der Waals surface area contributed by atoms with Gasteiger partial charge in [0, 0.05) is 24.2 Å². The van der Waals surface area contributed by atoms with Crippen LogP contribution in [0.1, 0.15) is 46.6 Å². The van der Waals surface area contributed by atoms with Crippen LogP contribution in [0.25, 0.3) is 10.9 Å². The number of rotatable bonds is 10. The molecule has 1 aromatic heterocycles. The summed E-state index contributed by atoms with van der Waals surface area (Å²) in [6.07, 6.45) is 0.582. The minimum Gasteiger partial charge on any atom is -0.479 e. The Kier molecular flexibility index (Phi) is 8.93. The third-order valence-electron chi connectivity index (χ3n) is 5.47. The average molecular weight is 458 g/mol. The molecule has 0 aliphatic heterocycles. The number of ether oxygens (including phenoxy) is 1. The Hall–Kier alpha value is -3.00. The van der Waals surface area contributed by atoms with Crippen molar-refractivity contribution in [2.45, 2.75) is 59.8 Å². The first-order valence-corrected chi connectivity index (χ1v) is 11.1. The van der Waals surface area contributed by atoms with E-state index in [1.54, 1.807) is 6.20 Å². The Morgan fingerprint density at radius 3 is 2.33 bits per heavy atom. The highest BCUT2D eigenvalue weighted by Crippen LogP contribution is 2.25. The van der Waals surface area contributed by atoms with Gasteiger partial charge in [-0.25, -0.2) is 4.79 Å². The summed E-state index contributed by atoms with van der Waals surface area (Å²) in [7, 11) is 1.50. The van der Waals surface area contributed by atoms with Gasteiger partial charge in [0.1, 0.15) is 6.04 Å². The SMILES string of the molecule is CNC(=O)[C@@H](NC(=O)[C@H](CC(C)C)[C@H](OCc1cccc2cccnc12)C(=O)O)C(C)(C)C. The van der Waals surface area contributed by atoms with Crippen LogP contribution in [-0.2, 0) is 25.7 Å². The molecule has 2 rings (SSSR count). The maximum Gasteiger partial charge on any atom is 0.333 e. The molecule has 0 aliphatic rings. The number of nitrogens with zero attached hydrogens (tertiary/aromatic N) is 1. The normalized spacial score (nSPS) is 14.5. The van der Waals surface area contributed by atoms with Crippen LogP contribution in [0.3, 0.4) is 0 Å². The van der Waals surface area contributed by atoms with E-state index in [9.17, 15) is 19.5 Å². The Bertz CT molecular complexity index is 978. The lowest BCUT2D eigenvalue weighted by Crippen LogP contribution is -2.56. The van der Waals surface area contributed by atoms with Gasteiger partial charge < -0.3 is 20.5 Å². The third kappa shape index (κ3) is 6.99. The molecule has 0 fully saturated rings. The summed E-state index contributed by atoms with van der Waals surface area (Å²) in [4.78, 5) is 42.2. The van der Waals surface area contributed by atoms with E-state index in [1.165, 1.54) is 7.05 Å². The fourth-order valence-electron chi connectivity index (χ4n) is 3.77. The number of carbonyl (C=O) groups excluding carboxylic acids is 2. The molecule has 0 aliphatic carbocycles. The lowest BCUT2D eigenvalue weighted by molar-refractivity contribution is -0.160. The number of amides is 2. The van der Waals surface area contributed by atoms with Crippen molar-refractivity contribution in [1.82, 2.24) is 15.6 Å². The van der Waals surface area contributed by atoms with Crippen molar-refractivity contribution in [3.8, 4) is 0 Å². The summed E-state index contributed by atoms with van der Waals surface area (Å²) in [5.41, 5.74) is 0.897. The topological polar surface area (TPSA) is 118 Å². The van der Waals surface area contributed by atoms with Gasteiger partial charge in [-0.1, -0.05) is 58.9 Å². The number of pyridine rings is 1. The number of benzene rings is 1. The van der Waals surface area contributed by atoms with Crippen molar-refractivity contribution in [2.75, 3.05) is 7.05 Å². The molecule has 2 amide bonds. The molecule has 3 atom stereocenters. The number of aromatic nitrogens is 1. The maximum absolute atomic E-state index is 13.3. The summed E-state index contributed by atoms with van der Waals surface area (Å²) in [5, 5.41) is 16.2. The minimum atomic E-state index is -1.38. The summed E-state index contributed by atoms with van der Waals surface area (Å²) in [5.74, 6) is -3.01. The van der Waals surface area contributed by atoms with Gasteiger partial charge in [0.25, 0.3) is 0 Å². The number of para-hydroxylation sites is 1. The van der Waals surface area contributed by atoms with Crippen LogP contribution in [0.15, 0.2) is 36.5 Å². The summed E-state index contributed by atoms with van der Waals surface area (Å²) < 4.78 is 5.83. The monoisotopic (exact) mass is 457 g/mol. The lowest BCUT2D eigenvalue weighted by atomic mass is 9.84. The first-order chi connectivity index (χ1) is 15.5. The maximum atomic E-state index is 13.3. The minimum absolute atomic E-state index is 0.00859. The van der Waals surface area contributed by atoms with Gasteiger partial charge >= 0.3 is 5.97 Å². The molecule has 0 saturated carbocycles. The highest BCUT2D eigenvalue weighted by atomic mass is 16.5. The third-order valence-corrected chi connectivity index (χ3v) is 5.47. The second-order valence-corrected chi connectivity index (χ2v) is 9.72. The fourth-order valence-corrected chi connectivity index (χ4v) is 3.77. The van der Waals surface area contributed by atoms with Gasteiger partial charge in [-0.2, -0.15) is 0 Å². The summed E-state index contributed by atoms with van der Waals surface area (Å²) in [6, 6.07) is 8.53. The van der Waals surface area contributed by atoms with E-state index in [2.05, 4.69) is 15.6 Å². The van der Waals surface area contributed by atoms with Crippen LogP contribution in [0.5, 0.6) is 0 Å². The molecule has 0 radical (unpaired) electrons. The van der Waals surface area contributed by atoms with E-state index in [0.29, 0.717) is 6.42 Å². The van der Waals surface area contributed by atoms with E-state index in [0.717, 1.165) is 16.5 Å². The van der Waals surface area contributed by atoms with E-state index in [-0.39, 0.29) is 18.4 Å². The zero-order valence-electron chi connectivity index (χ0n) is 20.2. The molecule has 0 bridgehead atoms.